The van der Waals surface area contributed by atoms with Crippen LogP contribution in [0.5, 0.6) is 0 Å². The number of aliphatic hydroxyl groups excluding tert-OH is 1. The fourth-order valence-electron chi connectivity index (χ4n) is 2.76. The first-order valence-corrected chi connectivity index (χ1v) is 7.19. The summed E-state index contributed by atoms with van der Waals surface area (Å²) in [7, 11) is 4.31. The zero-order valence-corrected chi connectivity index (χ0v) is 12.3. The smallest absolute Gasteiger partial charge is 0.0916 e. The van der Waals surface area contributed by atoms with Gasteiger partial charge in [-0.05, 0) is 52.5 Å². The van der Waals surface area contributed by atoms with Gasteiger partial charge < -0.3 is 14.9 Å². The third-order valence-electron chi connectivity index (χ3n) is 4.18. The number of likely N-dealkylation sites (tertiary alicyclic amines) is 1. The highest BCUT2D eigenvalue weighted by atomic mass is 16.3. The van der Waals surface area contributed by atoms with E-state index in [1.54, 1.807) is 0 Å². The number of piperidine rings is 1. The summed E-state index contributed by atoms with van der Waals surface area (Å²) >= 11 is 0. The number of aryl methyl sites for hydroxylation is 1. The fraction of sp³-hybridized carbons (Fsp3) is 0.625. The molecule has 0 aromatic heterocycles. The van der Waals surface area contributed by atoms with Gasteiger partial charge in [-0.1, -0.05) is 29.8 Å². The topological polar surface area (TPSA) is 26.7 Å². The Labute approximate surface area is 116 Å². The molecule has 3 nitrogen and oxygen atoms in total. The van der Waals surface area contributed by atoms with Gasteiger partial charge in [0, 0.05) is 12.6 Å². The molecule has 3 heteroatoms. The lowest BCUT2D eigenvalue weighted by molar-refractivity contribution is 0.0798. The highest BCUT2D eigenvalue weighted by molar-refractivity contribution is 5.23. The highest BCUT2D eigenvalue weighted by Crippen LogP contribution is 2.19. The van der Waals surface area contributed by atoms with Crippen LogP contribution in [0.15, 0.2) is 24.3 Å². The molecule has 1 N–H and O–H groups in total. The van der Waals surface area contributed by atoms with Crippen molar-refractivity contribution in [1.82, 2.24) is 9.80 Å². The van der Waals surface area contributed by atoms with Gasteiger partial charge in [-0.15, -0.1) is 0 Å². The summed E-state index contributed by atoms with van der Waals surface area (Å²) in [6, 6.07) is 8.90. The van der Waals surface area contributed by atoms with Gasteiger partial charge in [-0.2, -0.15) is 0 Å². The lowest BCUT2D eigenvalue weighted by Crippen LogP contribution is -2.43. The van der Waals surface area contributed by atoms with Crippen molar-refractivity contribution in [3.63, 3.8) is 0 Å². The number of β-amino-alcohol motifs (C(OH)–C–C–N with tert-alkyl or cyclic N) is 1. The van der Waals surface area contributed by atoms with Crippen LogP contribution in [-0.2, 0) is 0 Å². The maximum absolute atomic E-state index is 10.3. The van der Waals surface area contributed by atoms with E-state index >= 15 is 0 Å². The molecule has 0 saturated carbocycles. The summed E-state index contributed by atoms with van der Waals surface area (Å²) < 4.78 is 0. The van der Waals surface area contributed by atoms with Gasteiger partial charge in [0.25, 0.3) is 0 Å². The first-order valence-electron chi connectivity index (χ1n) is 7.19. The van der Waals surface area contributed by atoms with Crippen LogP contribution in [-0.4, -0.2) is 54.7 Å². The van der Waals surface area contributed by atoms with Gasteiger partial charge in [0.2, 0.25) is 0 Å². The first kappa shape index (κ1) is 14.5. The minimum Gasteiger partial charge on any atom is -0.387 e. The van der Waals surface area contributed by atoms with Crippen LogP contribution in [0.2, 0.25) is 0 Å². The molecule has 0 amide bonds. The lowest BCUT2D eigenvalue weighted by atomic mass is 10.0. The molecular weight excluding hydrogens is 236 g/mol. The van der Waals surface area contributed by atoms with Crippen LogP contribution in [0.1, 0.15) is 30.1 Å². The number of rotatable bonds is 4. The largest absolute Gasteiger partial charge is 0.387 e. The van der Waals surface area contributed by atoms with Gasteiger partial charge in [0.15, 0.2) is 0 Å². The van der Waals surface area contributed by atoms with Crippen molar-refractivity contribution in [3.8, 4) is 0 Å². The SMILES string of the molecule is Cc1ccc(C(O)CN2CCC(N(C)C)CC2)cc1. The Kier molecular flexibility index (Phi) is 4.97. The van der Waals surface area contributed by atoms with Gasteiger partial charge in [0.1, 0.15) is 0 Å². The van der Waals surface area contributed by atoms with Crippen molar-refractivity contribution >= 4 is 0 Å². The molecule has 0 bridgehead atoms. The number of hydrogen-bond acceptors (Lipinski definition) is 3. The second-order valence-corrected chi connectivity index (χ2v) is 5.92. The van der Waals surface area contributed by atoms with Gasteiger partial charge in [-0.3, -0.25) is 0 Å². The highest BCUT2D eigenvalue weighted by Gasteiger charge is 2.22. The van der Waals surface area contributed by atoms with E-state index in [9.17, 15) is 5.11 Å². The predicted octanol–water partition coefficient (Wildman–Crippen LogP) is 2.05. The number of nitrogens with zero attached hydrogens (tertiary/aromatic N) is 2. The average molecular weight is 262 g/mol. The third-order valence-corrected chi connectivity index (χ3v) is 4.18. The normalized spacial score (nSPS) is 19.8. The van der Waals surface area contributed by atoms with Crippen LogP contribution >= 0.6 is 0 Å². The van der Waals surface area contributed by atoms with E-state index < -0.39 is 0 Å². The Morgan fingerprint density at radius 3 is 2.32 bits per heavy atom. The van der Waals surface area contributed by atoms with E-state index in [1.807, 2.05) is 12.1 Å². The molecule has 1 atom stereocenters. The van der Waals surface area contributed by atoms with Gasteiger partial charge in [0.05, 0.1) is 6.10 Å². The Hall–Kier alpha value is -0.900. The van der Waals surface area contributed by atoms with Crippen LogP contribution in [0.25, 0.3) is 0 Å². The molecule has 19 heavy (non-hydrogen) atoms. The van der Waals surface area contributed by atoms with E-state index in [4.69, 9.17) is 0 Å². The molecule has 1 aliphatic rings. The van der Waals surface area contributed by atoms with Crippen molar-refractivity contribution in [3.05, 3.63) is 35.4 Å². The van der Waals surface area contributed by atoms with E-state index in [0.717, 1.165) is 25.2 Å². The molecule has 2 rings (SSSR count). The molecule has 0 aliphatic carbocycles. The molecular formula is C16H26N2O. The number of aliphatic hydroxyl groups is 1. The molecule has 1 aromatic rings. The van der Waals surface area contributed by atoms with Crippen molar-refractivity contribution in [2.45, 2.75) is 31.9 Å². The summed E-state index contributed by atoms with van der Waals surface area (Å²) in [6.07, 6.45) is 2.04. The summed E-state index contributed by atoms with van der Waals surface area (Å²) in [4.78, 5) is 4.69. The Bertz CT molecular complexity index is 380. The van der Waals surface area contributed by atoms with Crippen molar-refractivity contribution < 1.29 is 5.11 Å². The van der Waals surface area contributed by atoms with Crippen LogP contribution in [0.4, 0.5) is 0 Å². The van der Waals surface area contributed by atoms with Gasteiger partial charge >= 0.3 is 0 Å². The van der Waals surface area contributed by atoms with E-state index in [-0.39, 0.29) is 6.10 Å². The van der Waals surface area contributed by atoms with E-state index in [2.05, 4.69) is 43.0 Å². The molecule has 1 heterocycles. The molecule has 0 radical (unpaired) electrons. The summed E-state index contributed by atoms with van der Waals surface area (Å²) in [6.45, 7) is 5.00. The molecule has 0 spiro atoms. The zero-order valence-electron chi connectivity index (χ0n) is 12.3. The zero-order chi connectivity index (χ0) is 13.8. The Morgan fingerprint density at radius 1 is 1.21 bits per heavy atom. The molecule has 1 saturated heterocycles. The third kappa shape index (κ3) is 4.03. The number of hydrogen-bond donors (Lipinski definition) is 1. The minimum atomic E-state index is -0.364. The van der Waals surface area contributed by atoms with Gasteiger partial charge in [-0.25, -0.2) is 0 Å². The number of benzene rings is 1. The quantitative estimate of drug-likeness (QED) is 0.899. The Morgan fingerprint density at radius 2 is 1.79 bits per heavy atom. The summed E-state index contributed by atoms with van der Waals surface area (Å²) in [5.41, 5.74) is 2.27. The fourth-order valence-corrected chi connectivity index (χ4v) is 2.76. The Balaban J connectivity index is 1.83. The monoisotopic (exact) mass is 262 g/mol. The standard InChI is InChI=1S/C16H26N2O/c1-13-4-6-14(7-5-13)16(19)12-18-10-8-15(9-11-18)17(2)3/h4-7,15-16,19H,8-12H2,1-3H3. The van der Waals surface area contributed by atoms with E-state index in [1.165, 1.54) is 18.4 Å². The van der Waals surface area contributed by atoms with Crippen LogP contribution < -0.4 is 0 Å². The molecule has 1 aromatic carbocycles. The second-order valence-electron chi connectivity index (χ2n) is 5.92. The first-order chi connectivity index (χ1) is 9.06. The molecule has 106 valence electrons. The predicted molar refractivity (Wildman–Crippen MR) is 79.3 cm³/mol. The summed E-state index contributed by atoms with van der Waals surface area (Å²) in [5, 5.41) is 10.3. The second kappa shape index (κ2) is 6.51. The molecule has 1 fully saturated rings. The van der Waals surface area contributed by atoms with Crippen LogP contribution in [0, 0.1) is 6.92 Å². The van der Waals surface area contributed by atoms with Crippen molar-refractivity contribution in [2.24, 2.45) is 0 Å². The maximum atomic E-state index is 10.3. The maximum Gasteiger partial charge on any atom is 0.0916 e. The average Bonchev–Trinajstić information content (AvgIpc) is 2.40. The van der Waals surface area contributed by atoms with Crippen LogP contribution in [0.3, 0.4) is 0 Å². The summed E-state index contributed by atoms with van der Waals surface area (Å²) in [5.74, 6) is 0. The van der Waals surface area contributed by atoms with Crippen molar-refractivity contribution in [2.75, 3.05) is 33.7 Å². The van der Waals surface area contributed by atoms with E-state index in [0.29, 0.717) is 6.04 Å². The lowest BCUT2D eigenvalue weighted by Gasteiger charge is -2.36. The van der Waals surface area contributed by atoms with Crippen molar-refractivity contribution in [1.29, 1.82) is 0 Å². The molecule has 1 unspecified atom stereocenters. The molecule has 1 aliphatic heterocycles. The minimum absolute atomic E-state index is 0.364.